The van der Waals surface area contributed by atoms with Crippen molar-refractivity contribution in [1.29, 1.82) is 0 Å². The van der Waals surface area contributed by atoms with Gasteiger partial charge in [0.2, 0.25) is 0 Å². The highest BCUT2D eigenvalue weighted by atomic mass is 79.9. The number of morpholine rings is 1. The van der Waals surface area contributed by atoms with E-state index in [1.165, 1.54) is 11.3 Å². The summed E-state index contributed by atoms with van der Waals surface area (Å²) in [6.45, 7) is 6.72. The van der Waals surface area contributed by atoms with Crippen molar-refractivity contribution in [2.75, 3.05) is 25.5 Å². The number of carbonyl (C=O) groups is 1. The molecule has 1 amide bonds. The molecule has 3 rings (SSSR count). The van der Waals surface area contributed by atoms with Crippen LogP contribution in [0.5, 0.6) is 5.75 Å². The van der Waals surface area contributed by atoms with E-state index in [4.69, 9.17) is 9.47 Å². The fraction of sp³-hybridized carbons (Fsp3) is 0.444. The highest BCUT2D eigenvalue weighted by Gasteiger charge is 2.23. The van der Waals surface area contributed by atoms with E-state index in [9.17, 15) is 4.79 Å². The lowest BCUT2D eigenvalue weighted by Crippen LogP contribution is -2.44. The highest BCUT2D eigenvalue weighted by molar-refractivity contribution is 9.10. The molecule has 2 heterocycles. The average Bonchev–Trinajstić information content (AvgIpc) is 3.00. The number of aromatic nitrogens is 1. The van der Waals surface area contributed by atoms with Crippen LogP contribution in [-0.2, 0) is 11.3 Å². The van der Waals surface area contributed by atoms with Crippen molar-refractivity contribution < 1.29 is 14.3 Å². The molecule has 0 bridgehead atoms. The number of carbonyl (C=O) groups excluding carboxylic acids is 1. The summed E-state index contributed by atoms with van der Waals surface area (Å²) in [5.74, 6) is 0.495. The normalized spacial score (nSPS) is 20.8. The van der Waals surface area contributed by atoms with Crippen LogP contribution in [0, 0.1) is 0 Å². The second kappa shape index (κ2) is 8.47. The number of rotatable bonds is 5. The number of halogens is 1. The third-order valence-corrected chi connectivity index (χ3v) is 5.49. The smallest absolute Gasteiger partial charge is 0.257 e. The Morgan fingerprint density at radius 1 is 1.42 bits per heavy atom. The summed E-state index contributed by atoms with van der Waals surface area (Å²) in [7, 11) is 1.59. The van der Waals surface area contributed by atoms with Gasteiger partial charge in [0.1, 0.15) is 5.75 Å². The fourth-order valence-electron chi connectivity index (χ4n) is 3.06. The van der Waals surface area contributed by atoms with E-state index < -0.39 is 0 Å². The third kappa shape index (κ3) is 4.82. The Labute approximate surface area is 165 Å². The molecule has 1 saturated heterocycles. The number of anilines is 1. The second-order valence-corrected chi connectivity index (χ2v) is 8.11. The van der Waals surface area contributed by atoms with E-state index in [1.54, 1.807) is 25.3 Å². The first-order chi connectivity index (χ1) is 12.4. The van der Waals surface area contributed by atoms with E-state index in [0.29, 0.717) is 16.4 Å². The summed E-state index contributed by atoms with van der Waals surface area (Å²) in [6.07, 6.45) is 0.454. The van der Waals surface area contributed by atoms with Gasteiger partial charge in [-0.2, -0.15) is 0 Å². The number of amides is 1. The molecule has 2 atom stereocenters. The summed E-state index contributed by atoms with van der Waals surface area (Å²) >= 11 is 4.83. The summed E-state index contributed by atoms with van der Waals surface area (Å²) in [5, 5.41) is 5.46. The van der Waals surface area contributed by atoms with Crippen molar-refractivity contribution in [3.8, 4) is 5.75 Å². The number of nitrogens with zero attached hydrogens (tertiary/aromatic N) is 2. The van der Waals surface area contributed by atoms with Crippen molar-refractivity contribution in [2.45, 2.75) is 32.6 Å². The zero-order valence-corrected chi connectivity index (χ0v) is 17.4. The third-order valence-electron chi connectivity index (χ3n) is 4.07. The standard InChI is InChI=1S/C18H22BrN3O3S/c1-11-7-22(8-12(2)25-11)9-14-10-26-18(20-14)21-17(23)13-4-5-16(24-3)15(19)6-13/h4-6,10-12H,7-9H2,1-3H3,(H,20,21,23)/t11-,12-/m0/s1. The summed E-state index contributed by atoms with van der Waals surface area (Å²) in [6, 6.07) is 5.22. The van der Waals surface area contributed by atoms with Gasteiger partial charge in [-0.05, 0) is 48.0 Å². The molecule has 140 valence electrons. The van der Waals surface area contributed by atoms with Gasteiger partial charge in [0.15, 0.2) is 5.13 Å². The maximum Gasteiger partial charge on any atom is 0.257 e. The number of thiazole rings is 1. The molecule has 1 aromatic heterocycles. The summed E-state index contributed by atoms with van der Waals surface area (Å²) in [4.78, 5) is 19.3. The Morgan fingerprint density at radius 2 is 2.15 bits per heavy atom. The van der Waals surface area contributed by atoms with Crippen molar-refractivity contribution in [2.24, 2.45) is 0 Å². The summed E-state index contributed by atoms with van der Waals surface area (Å²) in [5.41, 5.74) is 1.51. The van der Waals surface area contributed by atoms with Crippen LogP contribution in [0.1, 0.15) is 29.9 Å². The number of hydrogen-bond donors (Lipinski definition) is 1. The Kier molecular flexibility index (Phi) is 6.29. The van der Waals surface area contributed by atoms with E-state index >= 15 is 0 Å². The number of benzene rings is 1. The second-order valence-electron chi connectivity index (χ2n) is 6.40. The minimum Gasteiger partial charge on any atom is -0.496 e. The maximum atomic E-state index is 12.4. The molecule has 2 aromatic rings. The largest absolute Gasteiger partial charge is 0.496 e. The Morgan fingerprint density at radius 3 is 2.81 bits per heavy atom. The van der Waals surface area contributed by atoms with Crippen LogP contribution in [0.15, 0.2) is 28.1 Å². The molecule has 0 radical (unpaired) electrons. The SMILES string of the molecule is COc1ccc(C(=O)Nc2nc(CN3C[C@H](C)O[C@@H](C)C3)cs2)cc1Br. The van der Waals surface area contributed by atoms with Gasteiger partial charge in [-0.15, -0.1) is 11.3 Å². The Balaban J connectivity index is 1.61. The Bertz CT molecular complexity index is 773. The first-order valence-corrected chi connectivity index (χ1v) is 10.1. The topological polar surface area (TPSA) is 63.7 Å². The van der Waals surface area contributed by atoms with E-state index in [2.05, 4.69) is 45.0 Å². The van der Waals surface area contributed by atoms with Crippen molar-refractivity contribution in [3.63, 3.8) is 0 Å². The fourth-order valence-corrected chi connectivity index (χ4v) is 4.29. The van der Waals surface area contributed by atoms with E-state index in [1.807, 2.05) is 5.38 Å². The predicted molar refractivity (Wildman–Crippen MR) is 106 cm³/mol. The molecule has 6 nitrogen and oxygen atoms in total. The molecule has 0 spiro atoms. The van der Waals surface area contributed by atoms with E-state index in [-0.39, 0.29) is 18.1 Å². The van der Waals surface area contributed by atoms with Gasteiger partial charge in [-0.25, -0.2) is 4.98 Å². The van der Waals surface area contributed by atoms with Gasteiger partial charge in [0.05, 0.1) is 29.5 Å². The minimum absolute atomic E-state index is 0.192. The van der Waals surface area contributed by atoms with Gasteiger partial charge in [0, 0.05) is 30.6 Å². The van der Waals surface area contributed by atoms with Gasteiger partial charge in [-0.3, -0.25) is 15.0 Å². The van der Waals surface area contributed by atoms with Gasteiger partial charge in [-0.1, -0.05) is 0 Å². The van der Waals surface area contributed by atoms with Crippen LogP contribution in [0.2, 0.25) is 0 Å². The first-order valence-electron chi connectivity index (χ1n) is 8.41. The molecule has 8 heteroatoms. The van der Waals surface area contributed by atoms with Crippen LogP contribution >= 0.6 is 27.3 Å². The molecule has 1 fully saturated rings. The van der Waals surface area contributed by atoms with Crippen LogP contribution in [0.4, 0.5) is 5.13 Å². The molecular formula is C18H22BrN3O3S. The van der Waals surface area contributed by atoms with Gasteiger partial charge in [0.25, 0.3) is 5.91 Å². The van der Waals surface area contributed by atoms with Crippen LogP contribution in [0.3, 0.4) is 0 Å². The zero-order valence-electron chi connectivity index (χ0n) is 15.0. The average molecular weight is 440 g/mol. The highest BCUT2D eigenvalue weighted by Crippen LogP contribution is 2.26. The number of nitrogens with one attached hydrogen (secondary N) is 1. The molecule has 26 heavy (non-hydrogen) atoms. The van der Waals surface area contributed by atoms with Crippen LogP contribution < -0.4 is 10.1 Å². The molecule has 0 unspecified atom stereocenters. The molecule has 1 aromatic carbocycles. The minimum atomic E-state index is -0.192. The van der Waals surface area contributed by atoms with Gasteiger partial charge >= 0.3 is 0 Å². The van der Waals surface area contributed by atoms with E-state index in [0.717, 1.165) is 29.8 Å². The van der Waals surface area contributed by atoms with Crippen LogP contribution in [-0.4, -0.2) is 48.2 Å². The molecule has 1 N–H and O–H groups in total. The molecule has 1 aliphatic heterocycles. The van der Waals surface area contributed by atoms with Crippen molar-refractivity contribution >= 4 is 38.3 Å². The quantitative estimate of drug-likeness (QED) is 0.767. The monoisotopic (exact) mass is 439 g/mol. The maximum absolute atomic E-state index is 12.4. The lowest BCUT2D eigenvalue weighted by molar-refractivity contribution is -0.0707. The lowest BCUT2D eigenvalue weighted by Gasteiger charge is -2.34. The predicted octanol–water partition coefficient (Wildman–Crippen LogP) is 3.78. The zero-order chi connectivity index (χ0) is 18.7. The molecule has 1 aliphatic rings. The molecule has 0 aliphatic carbocycles. The molecular weight excluding hydrogens is 418 g/mol. The first kappa shape index (κ1) is 19.3. The Hall–Kier alpha value is -1.48. The summed E-state index contributed by atoms with van der Waals surface area (Å²) < 4.78 is 11.7. The van der Waals surface area contributed by atoms with Crippen LogP contribution in [0.25, 0.3) is 0 Å². The number of methoxy groups -OCH3 is 1. The number of ether oxygens (including phenoxy) is 2. The van der Waals surface area contributed by atoms with Crippen molar-refractivity contribution in [1.82, 2.24) is 9.88 Å². The van der Waals surface area contributed by atoms with Gasteiger partial charge < -0.3 is 9.47 Å². The number of hydrogen-bond acceptors (Lipinski definition) is 6. The molecule has 0 saturated carbocycles. The lowest BCUT2D eigenvalue weighted by atomic mass is 10.2. The van der Waals surface area contributed by atoms with Crippen molar-refractivity contribution in [3.05, 3.63) is 39.3 Å².